The molecule has 2 unspecified atom stereocenters. The lowest BCUT2D eigenvalue weighted by Crippen LogP contribution is -2.46. The van der Waals surface area contributed by atoms with Crippen LogP contribution in [0.1, 0.15) is 44.9 Å². The fraction of sp³-hybridized carbons (Fsp3) is 1.00. The number of nitrogens with zero attached hydrogens (tertiary/aromatic N) is 2. The molecular formula is C16H33N3. The predicted molar refractivity (Wildman–Crippen MR) is 82.6 cm³/mol. The maximum absolute atomic E-state index is 3.57. The summed E-state index contributed by atoms with van der Waals surface area (Å²) in [7, 11) is 6.75. The lowest BCUT2D eigenvalue weighted by Gasteiger charge is -2.38. The number of hydrogen-bond donors (Lipinski definition) is 1. The molecule has 2 atom stereocenters. The van der Waals surface area contributed by atoms with Crippen molar-refractivity contribution in [2.75, 3.05) is 40.8 Å². The third-order valence-electron chi connectivity index (χ3n) is 5.36. The summed E-state index contributed by atoms with van der Waals surface area (Å²) in [5.41, 5.74) is 0. The molecule has 0 aromatic carbocycles. The molecule has 1 aliphatic heterocycles. The van der Waals surface area contributed by atoms with Crippen molar-refractivity contribution in [1.82, 2.24) is 15.1 Å². The van der Waals surface area contributed by atoms with Gasteiger partial charge in [-0.2, -0.15) is 0 Å². The second kappa shape index (κ2) is 7.61. The van der Waals surface area contributed by atoms with Crippen LogP contribution in [0, 0.1) is 5.92 Å². The van der Waals surface area contributed by atoms with Gasteiger partial charge in [0.05, 0.1) is 0 Å². The van der Waals surface area contributed by atoms with Crippen LogP contribution < -0.4 is 5.32 Å². The van der Waals surface area contributed by atoms with E-state index in [0.29, 0.717) is 0 Å². The average molecular weight is 267 g/mol. The highest BCUT2D eigenvalue weighted by Crippen LogP contribution is 2.25. The summed E-state index contributed by atoms with van der Waals surface area (Å²) in [5, 5.41) is 3.57. The van der Waals surface area contributed by atoms with Crippen molar-refractivity contribution in [3.8, 4) is 0 Å². The summed E-state index contributed by atoms with van der Waals surface area (Å²) < 4.78 is 0. The van der Waals surface area contributed by atoms with E-state index >= 15 is 0 Å². The monoisotopic (exact) mass is 267 g/mol. The van der Waals surface area contributed by atoms with E-state index in [1.807, 2.05) is 0 Å². The first-order chi connectivity index (χ1) is 9.20. The third-order valence-corrected chi connectivity index (χ3v) is 5.36. The maximum Gasteiger partial charge on any atom is 0.0117 e. The van der Waals surface area contributed by atoms with E-state index in [4.69, 9.17) is 0 Å². The van der Waals surface area contributed by atoms with Crippen LogP contribution in [0.2, 0.25) is 0 Å². The van der Waals surface area contributed by atoms with Crippen molar-refractivity contribution in [2.45, 2.75) is 57.0 Å². The summed E-state index contributed by atoms with van der Waals surface area (Å²) in [6.45, 7) is 3.84. The predicted octanol–water partition coefficient (Wildman–Crippen LogP) is 2.18. The molecule has 3 nitrogen and oxygen atoms in total. The standard InChI is InChI=1S/C16H33N3/c1-17-16-8-6-4-5-7-14(16)13-19(3)15-9-11-18(2)12-10-15/h14-17H,4-13H2,1-3H3. The van der Waals surface area contributed by atoms with Crippen molar-refractivity contribution in [2.24, 2.45) is 5.92 Å². The number of piperidine rings is 1. The Hall–Kier alpha value is -0.120. The quantitative estimate of drug-likeness (QED) is 0.788. The molecule has 112 valence electrons. The summed E-state index contributed by atoms with van der Waals surface area (Å²) >= 11 is 0. The van der Waals surface area contributed by atoms with Crippen molar-refractivity contribution < 1.29 is 0 Å². The minimum absolute atomic E-state index is 0.746. The fourth-order valence-corrected chi connectivity index (χ4v) is 3.94. The average Bonchev–Trinajstić information content (AvgIpc) is 2.64. The molecule has 1 N–H and O–H groups in total. The molecule has 2 aliphatic rings. The second-order valence-corrected chi connectivity index (χ2v) is 6.77. The van der Waals surface area contributed by atoms with Gasteiger partial charge in [-0.3, -0.25) is 0 Å². The van der Waals surface area contributed by atoms with E-state index < -0.39 is 0 Å². The Morgan fingerprint density at radius 2 is 1.74 bits per heavy atom. The van der Waals surface area contributed by atoms with Crippen LogP contribution in [0.5, 0.6) is 0 Å². The highest BCUT2D eigenvalue weighted by molar-refractivity contribution is 4.84. The first kappa shape index (κ1) is 15.3. The van der Waals surface area contributed by atoms with Crippen molar-refractivity contribution in [3.63, 3.8) is 0 Å². The van der Waals surface area contributed by atoms with Gasteiger partial charge in [-0.25, -0.2) is 0 Å². The molecule has 0 aromatic rings. The van der Waals surface area contributed by atoms with Crippen molar-refractivity contribution in [3.05, 3.63) is 0 Å². The van der Waals surface area contributed by atoms with Gasteiger partial charge in [-0.15, -0.1) is 0 Å². The zero-order valence-electron chi connectivity index (χ0n) is 13.2. The molecule has 1 saturated carbocycles. The first-order valence-corrected chi connectivity index (χ1v) is 8.26. The first-order valence-electron chi connectivity index (χ1n) is 8.26. The summed E-state index contributed by atoms with van der Waals surface area (Å²) in [6, 6.07) is 1.56. The van der Waals surface area contributed by atoms with E-state index in [9.17, 15) is 0 Å². The number of likely N-dealkylation sites (tertiary alicyclic amines) is 1. The largest absolute Gasteiger partial charge is 0.317 e. The molecule has 3 heteroatoms. The molecular weight excluding hydrogens is 234 g/mol. The molecule has 1 saturated heterocycles. The lowest BCUT2D eigenvalue weighted by atomic mass is 9.93. The van der Waals surface area contributed by atoms with E-state index in [-0.39, 0.29) is 0 Å². The van der Waals surface area contributed by atoms with Gasteiger partial charge in [0.1, 0.15) is 0 Å². The molecule has 2 rings (SSSR count). The molecule has 2 fully saturated rings. The van der Waals surface area contributed by atoms with Crippen LogP contribution in [-0.2, 0) is 0 Å². The normalized spacial score (nSPS) is 31.6. The molecule has 0 amide bonds. The Kier molecular flexibility index (Phi) is 6.11. The van der Waals surface area contributed by atoms with Gasteiger partial charge in [-0.1, -0.05) is 19.3 Å². The molecule has 0 bridgehead atoms. The van der Waals surface area contributed by atoms with E-state index in [1.54, 1.807) is 0 Å². The zero-order valence-corrected chi connectivity index (χ0v) is 13.2. The van der Waals surface area contributed by atoms with Crippen molar-refractivity contribution >= 4 is 0 Å². The highest BCUT2D eigenvalue weighted by atomic mass is 15.2. The van der Waals surface area contributed by atoms with E-state index in [0.717, 1.165) is 18.0 Å². The maximum atomic E-state index is 3.57. The van der Waals surface area contributed by atoms with Gasteiger partial charge in [0.25, 0.3) is 0 Å². The van der Waals surface area contributed by atoms with Crippen LogP contribution in [0.3, 0.4) is 0 Å². The lowest BCUT2D eigenvalue weighted by molar-refractivity contribution is 0.118. The molecule has 19 heavy (non-hydrogen) atoms. The Labute approximate surface area is 119 Å². The topological polar surface area (TPSA) is 18.5 Å². The van der Waals surface area contributed by atoms with Crippen LogP contribution >= 0.6 is 0 Å². The molecule has 1 heterocycles. The smallest absolute Gasteiger partial charge is 0.0117 e. The zero-order chi connectivity index (χ0) is 13.7. The Bertz CT molecular complexity index is 248. The number of nitrogens with one attached hydrogen (secondary N) is 1. The molecule has 0 radical (unpaired) electrons. The summed E-state index contributed by atoms with van der Waals surface area (Å²) in [6.07, 6.45) is 9.79. The minimum atomic E-state index is 0.746. The van der Waals surface area contributed by atoms with Crippen LogP contribution in [-0.4, -0.2) is 62.7 Å². The molecule has 1 aliphatic carbocycles. The van der Waals surface area contributed by atoms with Crippen LogP contribution in [0.15, 0.2) is 0 Å². The van der Waals surface area contributed by atoms with Gasteiger partial charge in [0.15, 0.2) is 0 Å². The summed E-state index contributed by atoms with van der Waals surface area (Å²) in [4.78, 5) is 5.12. The number of hydrogen-bond acceptors (Lipinski definition) is 3. The van der Waals surface area contributed by atoms with E-state index in [1.165, 1.54) is 64.6 Å². The van der Waals surface area contributed by atoms with Crippen LogP contribution in [0.4, 0.5) is 0 Å². The SMILES string of the molecule is CNC1CCCCCC1CN(C)C1CCN(C)CC1. The molecule has 0 aromatic heterocycles. The van der Waals surface area contributed by atoms with Gasteiger partial charge >= 0.3 is 0 Å². The van der Waals surface area contributed by atoms with Gasteiger partial charge < -0.3 is 15.1 Å². The fourth-order valence-electron chi connectivity index (χ4n) is 3.94. The number of rotatable bonds is 4. The minimum Gasteiger partial charge on any atom is -0.317 e. The van der Waals surface area contributed by atoms with Gasteiger partial charge in [0, 0.05) is 18.6 Å². The summed E-state index contributed by atoms with van der Waals surface area (Å²) in [5.74, 6) is 0.858. The molecule has 0 spiro atoms. The third kappa shape index (κ3) is 4.44. The highest BCUT2D eigenvalue weighted by Gasteiger charge is 2.27. The Balaban J connectivity index is 1.83. The Morgan fingerprint density at radius 3 is 2.42 bits per heavy atom. The second-order valence-electron chi connectivity index (χ2n) is 6.77. The van der Waals surface area contributed by atoms with E-state index in [2.05, 4.69) is 36.3 Å². The van der Waals surface area contributed by atoms with Gasteiger partial charge in [0.2, 0.25) is 0 Å². The van der Waals surface area contributed by atoms with Gasteiger partial charge in [-0.05, 0) is 65.8 Å². The van der Waals surface area contributed by atoms with Crippen molar-refractivity contribution in [1.29, 1.82) is 0 Å². The Morgan fingerprint density at radius 1 is 1.05 bits per heavy atom. The van der Waals surface area contributed by atoms with Crippen LogP contribution in [0.25, 0.3) is 0 Å².